The fraction of sp³-hybridized carbons (Fsp3) is 0.174. The lowest BCUT2D eigenvalue weighted by atomic mass is 10.3. The van der Waals surface area contributed by atoms with Gasteiger partial charge in [-0.2, -0.15) is 0 Å². The molecule has 3 aromatic rings. The predicted octanol–water partition coefficient (Wildman–Crippen LogP) is 4.07. The van der Waals surface area contributed by atoms with Gasteiger partial charge in [-0.15, -0.1) is 0 Å². The summed E-state index contributed by atoms with van der Waals surface area (Å²) in [5, 5.41) is 2.68. The number of sulfonamides is 1. The van der Waals surface area contributed by atoms with Crippen molar-refractivity contribution in [3.63, 3.8) is 0 Å². The number of nitrogens with one attached hydrogen (secondary N) is 1. The minimum absolute atomic E-state index is 0.0335. The largest absolute Gasteiger partial charge is 0.497 e. The zero-order valence-corrected chi connectivity index (χ0v) is 18.4. The van der Waals surface area contributed by atoms with Crippen molar-refractivity contribution in [3.8, 4) is 11.5 Å². The maximum atomic E-state index is 13.4. The van der Waals surface area contributed by atoms with E-state index in [0.29, 0.717) is 23.8 Å². The van der Waals surface area contributed by atoms with Gasteiger partial charge in [0.1, 0.15) is 23.9 Å². The Kier molecular flexibility index (Phi) is 7.32. The molecule has 0 saturated heterocycles. The fourth-order valence-electron chi connectivity index (χ4n) is 2.96. The smallest absolute Gasteiger partial charge is 0.264 e. The van der Waals surface area contributed by atoms with Gasteiger partial charge < -0.3 is 14.8 Å². The first-order valence-electron chi connectivity index (χ1n) is 9.78. The molecule has 9 heteroatoms. The molecule has 0 fully saturated rings. The third-order valence-corrected chi connectivity index (χ3v) is 6.27. The number of amides is 1. The van der Waals surface area contributed by atoms with E-state index in [1.54, 1.807) is 24.3 Å². The molecule has 0 aliphatic rings. The van der Waals surface area contributed by atoms with Gasteiger partial charge in [-0.05, 0) is 67.6 Å². The number of hydrogen-bond donors (Lipinski definition) is 1. The normalized spacial score (nSPS) is 11.0. The number of methoxy groups -OCH3 is 1. The number of benzene rings is 3. The van der Waals surface area contributed by atoms with Crippen molar-refractivity contribution in [1.29, 1.82) is 0 Å². The van der Waals surface area contributed by atoms with Crippen LogP contribution in [0.4, 0.5) is 15.8 Å². The zero-order valence-electron chi connectivity index (χ0n) is 17.6. The van der Waals surface area contributed by atoms with E-state index in [2.05, 4.69) is 5.32 Å². The van der Waals surface area contributed by atoms with Gasteiger partial charge in [0.15, 0.2) is 0 Å². The number of carbonyl (C=O) groups excluding carboxylic acids is 1. The highest BCUT2D eigenvalue weighted by molar-refractivity contribution is 7.92. The van der Waals surface area contributed by atoms with Crippen LogP contribution in [0.3, 0.4) is 0 Å². The predicted molar refractivity (Wildman–Crippen MR) is 120 cm³/mol. The third-order valence-electron chi connectivity index (χ3n) is 4.48. The van der Waals surface area contributed by atoms with E-state index in [0.717, 1.165) is 16.4 Å². The first kappa shape index (κ1) is 23.1. The molecule has 0 unspecified atom stereocenters. The molecule has 168 valence electrons. The van der Waals surface area contributed by atoms with Crippen molar-refractivity contribution in [1.82, 2.24) is 0 Å². The van der Waals surface area contributed by atoms with Crippen molar-refractivity contribution in [2.24, 2.45) is 0 Å². The van der Waals surface area contributed by atoms with E-state index in [9.17, 15) is 17.6 Å². The van der Waals surface area contributed by atoms with Crippen molar-refractivity contribution in [3.05, 3.63) is 78.6 Å². The molecule has 32 heavy (non-hydrogen) atoms. The Morgan fingerprint density at radius 3 is 2.31 bits per heavy atom. The van der Waals surface area contributed by atoms with Gasteiger partial charge >= 0.3 is 0 Å². The molecule has 3 aromatic carbocycles. The van der Waals surface area contributed by atoms with Crippen LogP contribution in [-0.4, -0.2) is 34.6 Å². The first-order chi connectivity index (χ1) is 15.3. The van der Waals surface area contributed by atoms with E-state index in [1.807, 2.05) is 6.92 Å². The van der Waals surface area contributed by atoms with Crippen LogP contribution in [0.5, 0.6) is 11.5 Å². The minimum Gasteiger partial charge on any atom is -0.497 e. The average molecular weight is 459 g/mol. The van der Waals surface area contributed by atoms with Crippen molar-refractivity contribution in [2.45, 2.75) is 11.8 Å². The average Bonchev–Trinajstić information content (AvgIpc) is 2.78. The molecule has 0 radical (unpaired) electrons. The highest BCUT2D eigenvalue weighted by atomic mass is 32.2. The number of anilines is 2. The van der Waals surface area contributed by atoms with Crippen LogP contribution >= 0.6 is 0 Å². The molecule has 0 atom stereocenters. The van der Waals surface area contributed by atoms with Gasteiger partial charge in [-0.25, -0.2) is 12.8 Å². The monoisotopic (exact) mass is 458 g/mol. The summed E-state index contributed by atoms with van der Waals surface area (Å²) < 4.78 is 51.5. The molecular formula is C23H23FN2O5S. The van der Waals surface area contributed by atoms with Gasteiger partial charge in [0.25, 0.3) is 10.0 Å². The van der Waals surface area contributed by atoms with Crippen LogP contribution in [0.1, 0.15) is 6.92 Å². The summed E-state index contributed by atoms with van der Waals surface area (Å²) in [7, 11) is -2.65. The molecule has 3 rings (SSSR count). The van der Waals surface area contributed by atoms with Crippen molar-refractivity contribution < 1.29 is 27.1 Å². The first-order valence-corrected chi connectivity index (χ1v) is 11.2. The Labute approximate surface area is 186 Å². The highest BCUT2D eigenvalue weighted by Crippen LogP contribution is 2.26. The standard InChI is InChI=1S/C23H23FN2O5S/c1-3-31-21-6-4-5-18(15-21)25-23(27)16-26(19-9-7-17(24)8-10-19)32(28,29)22-13-11-20(30-2)12-14-22/h4-15H,3,16H2,1-2H3,(H,25,27). The number of nitrogens with zero attached hydrogens (tertiary/aromatic N) is 1. The molecule has 0 spiro atoms. The molecule has 0 aliphatic heterocycles. The summed E-state index contributed by atoms with van der Waals surface area (Å²) in [5.74, 6) is -0.0245. The van der Waals surface area contributed by atoms with E-state index in [1.165, 1.54) is 43.5 Å². The van der Waals surface area contributed by atoms with Gasteiger partial charge in [0.2, 0.25) is 5.91 Å². The Balaban J connectivity index is 1.90. The van der Waals surface area contributed by atoms with Crippen LogP contribution in [0, 0.1) is 5.82 Å². The molecule has 0 saturated carbocycles. The fourth-order valence-corrected chi connectivity index (χ4v) is 4.38. The van der Waals surface area contributed by atoms with Crippen molar-refractivity contribution in [2.75, 3.05) is 29.9 Å². The SMILES string of the molecule is CCOc1cccc(NC(=O)CN(c2ccc(F)cc2)S(=O)(=O)c2ccc(OC)cc2)c1. The molecule has 1 N–H and O–H groups in total. The second-order valence-corrected chi connectivity index (χ2v) is 8.53. The summed E-state index contributed by atoms with van der Waals surface area (Å²) in [6.07, 6.45) is 0. The molecule has 0 aromatic heterocycles. The second kappa shape index (κ2) is 10.1. The van der Waals surface area contributed by atoms with Gasteiger partial charge in [0.05, 0.1) is 24.3 Å². The number of hydrogen-bond acceptors (Lipinski definition) is 5. The Bertz CT molecular complexity index is 1170. The summed E-state index contributed by atoms with van der Waals surface area (Å²) in [6.45, 7) is 1.80. The Hall–Kier alpha value is -3.59. The zero-order chi connectivity index (χ0) is 23.1. The summed E-state index contributed by atoms with van der Waals surface area (Å²) in [6, 6.07) is 17.4. The van der Waals surface area contributed by atoms with E-state index in [-0.39, 0.29) is 10.6 Å². The quantitative estimate of drug-likeness (QED) is 0.523. The molecule has 0 bridgehead atoms. The van der Waals surface area contributed by atoms with Crippen LogP contribution in [0.2, 0.25) is 0 Å². The lowest BCUT2D eigenvalue weighted by Gasteiger charge is -2.24. The maximum absolute atomic E-state index is 13.4. The maximum Gasteiger partial charge on any atom is 0.264 e. The summed E-state index contributed by atoms with van der Waals surface area (Å²) in [5.41, 5.74) is 0.613. The third kappa shape index (κ3) is 5.55. The molecular weight excluding hydrogens is 435 g/mol. The Morgan fingerprint density at radius 1 is 1.00 bits per heavy atom. The molecule has 0 aliphatic carbocycles. The summed E-state index contributed by atoms with van der Waals surface area (Å²) >= 11 is 0. The van der Waals surface area contributed by atoms with E-state index < -0.39 is 28.3 Å². The molecule has 0 heterocycles. The topological polar surface area (TPSA) is 84.9 Å². The lowest BCUT2D eigenvalue weighted by molar-refractivity contribution is -0.114. The minimum atomic E-state index is -4.13. The Morgan fingerprint density at radius 2 is 1.69 bits per heavy atom. The van der Waals surface area contributed by atoms with Gasteiger partial charge in [-0.1, -0.05) is 6.07 Å². The lowest BCUT2D eigenvalue weighted by Crippen LogP contribution is -2.38. The van der Waals surface area contributed by atoms with Crippen molar-refractivity contribution >= 4 is 27.3 Å². The van der Waals surface area contributed by atoms with Gasteiger partial charge in [-0.3, -0.25) is 9.10 Å². The number of rotatable bonds is 9. The molecule has 1 amide bonds. The van der Waals surface area contributed by atoms with Crippen LogP contribution in [-0.2, 0) is 14.8 Å². The number of carbonyl (C=O) groups is 1. The van der Waals surface area contributed by atoms with Gasteiger partial charge in [0, 0.05) is 11.8 Å². The highest BCUT2D eigenvalue weighted by Gasteiger charge is 2.27. The summed E-state index contributed by atoms with van der Waals surface area (Å²) in [4.78, 5) is 12.7. The van der Waals surface area contributed by atoms with E-state index >= 15 is 0 Å². The van der Waals surface area contributed by atoms with Crippen LogP contribution in [0.25, 0.3) is 0 Å². The number of halogens is 1. The van der Waals surface area contributed by atoms with E-state index in [4.69, 9.17) is 9.47 Å². The second-order valence-electron chi connectivity index (χ2n) is 6.67. The van der Waals surface area contributed by atoms with Crippen LogP contribution in [0.15, 0.2) is 77.7 Å². The molecule has 7 nitrogen and oxygen atoms in total. The number of ether oxygens (including phenoxy) is 2. The van der Waals surface area contributed by atoms with Crippen LogP contribution < -0.4 is 19.1 Å².